The van der Waals surface area contributed by atoms with E-state index in [0.29, 0.717) is 11.7 Å². The molecule has 1 aromatic carbocycles. The number of benzene rings is 1. The summed E-state index contributed by atoms with van der Waals surface area (Å²) >= 11 is 0. The van der Waals surface area contributed by atoms with Crippen molar-refractivity contribution in [1.29, 1.82) is 0 Å². The largest absolute Gasteiger partial charge is 0.204 e. The van der Waals surface area contributed by atoms with Crippen LogP contribution in [0.25, 0.3) is 10.8 Å². The smallest absolute Gasteiger partial charge is 0.156 e. The van der Waals surface area contributed by atoms with E-state index >= 15 is 0 Å². The Labute approximate surface area is 106 Å². The molecule has 0 N–H and O–H groups in total. The van der Waals surface area contributed by atoms with Crippen LogP contribution < -0.4 is 0 Å². The second-order valence-corrected chi connectivity index (χ2v) is 4.51. The fourth-order valence-electron chi connectivity index (χ4n) is 1.73. The van der Waals surface area contributed by atoms with Crippen LogP contribution in [0.5, 0.6) is 0 Å². The quantitative estimate of drug-likeness (QED) is 0.752. The van der Waals surface area contributed by atoms with Gasteiger partial charge in [-0.2, -0.15) is 10.2 Å². The maximum absolute atomic E-state index is 4.17. The molecule has 0 radical (unpaired) electrons. The van der Waals surface area contributed by atoms with E-state index in [1.807, 2.05) is 31.2 Å². The third-order valence-corrected chi connectivity index (χ3v) is 2.43. The molecule has 0 aliphatic rings. The molecule has 2 rings (SSSR count). The lowest BCUT2D eigenvalue weighted by Gasteiger charge is -1.99. The lowest BCUT2D eigenvalue weighted by molar-refractivity contribution is 0.815. The first-order valence-corrected chi connectivity index (χ1v) is 5.97. The Morgan fingerprint density at radius 1 is 1.28 bits per heavy atom. The Morgan fingerprint density at radius 2 is 2.06 bits per heavy atom. The summed E-state index contributed by atoms with van der Waals surface area (Å²) in [7, 11) is 0. The molecule has 0 amide bonds. The van der Waals surface area contributed by atoms with E-state index < -0.39 is 0 Å². The molecule has 0 saturated carbocycles. The molecule has 1 heterocycles. The van der Waals surface area contributed by atoms with Crippen LogP contribution in [0.1, 0.15) is 20.8 Å². The highest BCUT2D eigenvalue weighted by Crippen LogP contribution is 2.22. The lowest BCUT2D eigenvalue weighted by atomic mass is 10.2. The van der Waals surface area contributed by atoms with Crippen LogP contribution in [-0.4, -0.2) is 10.2 Å². The average molecular weight is 240 g/mol. The van der Waals surface area contributed by atoms with Crippen molar-refractivity contribution in [3.05, 3.63) is 42.2 Å². The van der Waals surface area contributed by atoms with Crippen molar-refractivity contribution in [1.82, 2.24) is 10.2 Å². The van der Waals surface area contributed by atoms with Gasteiger partial charge >= 0.3 is 0 Å². The van der Waals surface area contributed by atoms with Crippen LogP contribution in [0.3, 0.4) is 0 Å². The van der Waals surface area contributed by atoms with Crippen molar-refractivity contribution in [3.63, 3.8) is 0 Å². The van der Waals surface area contributed by atoms with Gasteiger partial charge in [0, 0.05) is 10.8 Å². The van der Waals surface area contributed by atoms with E-state index in [1.165, 1.54) is 0 Å². The molecular formula is C14H16N4. The highest BCUT2D eigenvalue weighted by Gasteiger charge is 2.01. The number of fused-ring (bicyclic) bond motifs is 1. The summed E-state index contributed by atoms with van der Waals surface area (Å²) in [5.74, 6) is 1.02. The number of azo groups is 1. The monoisotopic (exact) mass is 240 g/mol. The molecule has 92 valence electrons. The Balaban J connectivity index is 2.35. The predicted molar refractivity (Wildman–Crippen MR) is 72.6 cm³/mol. The van der Waals surface area contributed by atoms with E-state index in [-0.39, 0.29) is 0 Å². The Morgan fingerprint density at radius 3 is 2.83 bits per heavy atom. The van der Waals surface area contributed by atoms with Gasteiger partial charge in [-0.3, -0.25) is 0 Å². The maximum Gasteiger partial charge on any atom is 0.204 e. The third kappa shape index (κ3) is 2.97. The number of allylic oxidation sites excluding steroid dienone is 2. The molecule has 0 spiro atoms. The summed E-state index contributed by atoms with van der Waals surface area (Å²) in [5, 5.41) is 18.3. The third-order valence-electron chi connectivity index (χ3n) is 2.43. The first-order valence-electron chi connectivity index (χ1n) is 5.97. The minimum absolute atomic E-state index is 0.461. The summed E-state index contributed by atoms with van der Waals surface area (Å²) in [4.78, 5) is 0. The van der Waals surface area contributed by atoms with E-state index in [1.54, 1.807) is 6.20 Å². The van der Waals surface area contributed by atoms with Crippen LogP contribution in [0.2, 0.25) is 0 Å². The van der Waals surface area contributed by atoms with Crippen LogP contribution in [0, 0.1) is 5.92 Å². The van der Waals surface area contributed by atoms with Gasteiger partial charge < -0.3 is 0 Å². The van der Waals surface area contributed by atoms with Gasteiger partial charge in [0.1, 0.15) is 0 Å². The van der Waals surface area contributed by atoms with Gasteiger partial charge in [0.15, 0.2) is 0 Å². The summed E-state index contributed by atoms with van der Waals surface area (Å²) in [6, 6.07) is 7.88. The number of hydrogen-bond donors (Lipinski definition) is 0. The van der Waals surface area contributed by atoms with E-state index in [2.05, 4.69) is 40.3 Å². The lowest BCUT2D eigenvalue weighted by Crippen LogP contribution is -1.83. The first kappa shape index (κ1) is 12.4. The van der Waals surface area contributed by atoms with Gasteiger partial charge in [-0.05, 0) is 12.8 Å². The van der Waals surface area contributed by atoms with Crippen molar-refractivity contribution < 1.29 is 0 Å². The molecule has 1 aromatic heterocycles. The van der Waals surface area contributed by atoms with E-state index in [4.69, 9.17) is 0 Å². The molecule has 4 heteroatoms. The molecule has 0 bridgehead atoms. The molecular weight excluding hydrogens is 224 g/mol. The Kier molecular flexibility index (Phi) is 3.77. The molecule has 2 aromatic rings. The first-order chi connectivity index (χ1) is 8.66. The fraction of sp³-hybridized carbons (Fsp3) is 0.286. The van der Waals surface area contributed by atoms with E-state index in [0.717, 1.165) is 16.5 Å². The van der Waals surface area contributed by atoms with Crippen molar-refractivity contribution in [3.8, 4) is 0 Å². The average Bonchev–Trinajstić information content (AvgIpc) is 2.35. The number of rotatable bonds is 3. The van der Waals surface area contributed by atoms with Crippen molar-refractivity contribution >= 4 is 16.6 Å². The van der Waals surface area contributed by atoms with Gasteiger partial charge in [-0.25, -0.2) is 0 Å². The number of aromatic nitrogens is 2. The fourth-order valence-corrected chi connectivity index (χ4v) is 1.73. The van der Waals surface area contributed by atoms with Gasteiger partial charge in [0.25, 0.3) is 0 Å². The normalized spacial score (nSPS) is 12.8. The topological polar surface area (TPSA) is 50.5 Å². The van der Waals surface area contributed by atoms with Crippen molar-refractivity contribution in [2.45, 2.75) is 20.8 Å². The molecule has 0 saturated heterocycles. The zero-order valence-electron chi connectivity index (χ0n) is 10.8. The Hall–Kier alpha value is -2.10. The number of nitrogens with zero attached hydrogens (tertiary/aromatic N) is 4. The molecule has 18 heavy (non-hydrogen) atoms. The molecule has 0 aliphatic heterocycles. The van der Waals surface area contributed by atoms with Gasteiger partial charge in [-0.1, -0.05) is 44.2 Å². The SMILES string of the molecule is C/C(=C\C(C)C)N=Nc1nncc2ccccc12. The summed E-state index contributed by atoms with van der Waals surface area (Å²) < 4.78 is 0. The maximum atomic E-state index is 4.17. The summed E-state index contributed by atoms with van der Waals surface area (Å²) in [6.07, 6.45) is 3.78. The minimum atomic E-state index is 0.461. The second-order valence-electron chi connectivity index (χ2n) is 4.51. The van der Waals surface area contributed by atoms with Crippen LogP contribution >= 0.6 is 0 Å². The second kappa shape index (κ2) is 5.49. The number of hydrogen-bond acceptors (Lipinski definition) is 4. The van der Waals surface area contributed by atoms with Gasteiger partial charge in [-0.15, -0.1) is 10.2 Å². The van der Waals surface area contributed by atoms with Crippen molar-refractivity contribution in [2.24, 2.45) is 16.1 Å². The van der Waals surface area contributed by atoms with Crippen LogP contribution in [0.4, 0.5) is 5.82 Å². The molecule has 0 fully saturated rings. The molecule has 0 atom stereocenters. The Bertz CT molecular complexity index is 594. The standard InChI is InChI=1S/C14H16N4/c1-10(2)8-11(3)16-18-14-13-7-5-4-6-12(13)9-15-17-14/h4-10H,1-3H3/b11-8+,18-16?. The van der Waals surface area contributed by atoms with Crippen LogP contribution in [0.15, 0.2) is 52.5 Å². The minimum Gasteiger partial charge on any atom is -0.156 e. The summed E-state index contributed by atoms with van der Waals surface area (Å²) in [5.41, 5.74) is 0.889. The zero-order chi connectivity index (χ0) is 13.0. The predicted octanol–water partition coefficient (Wildman–Crippen LogP) is 4.27. The molecule has 0 aliphatic carbocycles. The molecule has 4 nitrogen and oxygen atoms in total. The molecule has 0 unspecified atom stereocenters. The highest BCUT2D eigenvalue weighted by atomic mass is 15.2. The summed E-state index contributed by atoms with van der Waals surface area (Å²) in [6.45, 7) is 6.15. The van der Waals surface area contributed by atoms with Gasteiger partial charge in [0.2, 0.25) is 5.82 Å². The van der Waals surface area contributed by atoms with Crippen molar-refractivity contribution in [2.75, 3.05) is 0 Å². The van der Waals surface area contributed by atoms with E-state index in [9.17, 15) is 0 Å². The highest BCUT2D eigenvalue weighted by molar-refractivity contribution is 5.89. The van der Waals surface area contributed by atoms with Crippen LogP contribution in [-0.2, 0) is 0 Å². The van der Waals surface area contributed by atoms with Gasteiger partial charge in [0.05, 0.1) is 11.9 Å². The zero-order valence-corrected chi connectivity index (χ0v) is 10.8.